The van der Waals surface area contributed by atoms with Crippen LogP contribution in [0, 0.1) is 5.82 Å². The van der Waals surface area contributed by atoms with E-state index in [9.17, 15) is 17.6 Å². The highest BCUT2D eigenvalue weighted by atomic mass is 32.2. The normalized spacial score (nSPS) is 11.1. The van der Waals surface area contributed by atoms with Gasteiger partial charge < -0.3 is 5.32 Å². The molecule has 0 heterocycles. The zero-order valence-electron chi connectivity index (χ0n) is 14.8. The Kier molecular flexibility index (Phi) is 6.01. The largest absolute Gasteiger partial charge is 0.322 e. The van der Waals surface area contributed by atoms with Crippen molar-refractivity contribution in [1.29, 1.82) is 0 Å². The molecule has 1 amide bonds. The summed E-state index contributed by atoms with van der Waals surface area (Å²) < 4.78 is 40.2. The molecule has 28 heavy (non-hydrogen) atoms. The molecule has 0 aromatic heterocycles. The summed E-state index contributed by atoms with van der Waals surface area (Å²) in [5.41, 5.74) is 1.23. The lowest BCUT2D eigenvalue weighted by Gasteiger charge is -2.09. The van der Waals surface area contributed by atoms with Crippen molar-refractivity contribution in [3.63, 3.8) is 0 Å². The third kappa shape index (κ3) is 4.90. The summed E-state index contributed by atoms with van der Waals surface area (Å²) in [6.07, 6.45) is 1.94. The number of sulfonamides is 1. The third-order valence-electron chi connectivity index (χ3n) is 3.85. The van der Waals surface area contributed by atoms with Crippen molar-refractivity contribution >= 4 is 39.1 Å². The summed E-state index contributed by atoms with van der Waals surface area (Å²) >= 11 is 1.57. The van der Waals surface area contributed by atoms with Crippen molar-refractivity contribution in [2.75, 3.05) is 16.3 Å². The number of halogens is 1. The van der Waals surface area contributed by atoms with E-state index in [1.54, 1.807) is 17.8 Å². The summed E-state index contributed by atoms with van der Waals surface area (Å²) in [7, 11) is -3.84. The lowest BCUT2D eigenvalue weighted by molar-refractivity contribution is 0.102. The number of amides is 1. The minimum Gasteiger partial charge on any atom is -0.322 e. The molecular weight excluding hydrogens is 399 g/mol. The van der Waals surface area contributed by atoms with E-state index in [-0.39, 0.29) is 16.5 Å². The van der Waals surface area contributed by atoms with E-state index in [0.717, 1.165) is 17.0 Å². The van der Waals surface area contributed by atoms with Crippen molar-refractivity contribution in [3.8, 4) is 0 Å². The number of nitrogens with one attached hydrogen (secondary N) is 2. The Morgan fingerprint density at radius 2 is 1.61 bits per heavy atom. The van der Waals surface area contributed by atoms with Gasteiger partial charge in [-0.05, 0) is 73.0 Å². The van der Waals surface area contributed by atoms with E-state index in [0.29, 0.717) is 11.3 Å². The molecular formula is C20H17FN2O3S2. The molecule has 2 N–H and O–H groups in total. The average molecular weight is 416 g/mol. The van der Waals surface area contributed by atoms with Crippen LogP contribution in [0.25, 0.3) is 0 Å². The lowest BCUT2D eigenvalue weighted by Crippen LogP contribution is -2.14. The van der Waals surface area contributed by atoms with E-state index in [2.05, 4.69) is 10.0 Å². The van der Waals surface area contributed by atoms with E-state index in [4.69, 9.17) is 0 Å². The fraction of sp³-hybridized carbons (Fsp3) is 0.0500. The standard InChI is InChI=1S/C20H17FN2O3S2/c1-27-18-4-2-3-17(13-18)22-20(24)14-5-11-19(12-6-14)28(25,26)23-16-9-7-15(21)8-10-16/h2-13,23H,1H3,(H,22,24). The minimum atomic E-state index is -3.84. The van der Waals surface area contributed by atoms with E-state index in [1.165, 1.54) is 36.4 Å². The molecule has 3 aromatic carbocycles. The maximum atomic E-state index is 12.9. The van der Waals surface area contributed by atoms with Crippen molar-refractivity contribution in [1.82, 2.24) is 0 Å². The van der Waals surface area contributed by atoms with E-state index < -0.39 is 15.8 Å². The molecule has 144 valence electrons. The topological polar surface area (TPSA) is 75.3 Å². The van der Waals surface area contributed by atoms with Gasteiger partial charge in [0.05, 0.1) is 4.90 Å². The van der Waals surface area contributed by atoms with Crippen LogP contribution in [-0.2, 0) is 10.0 Å². The molecule has 0 spiro atoms. The predicted molar refractivity (Wildman–Crippen MR) is 110 cm³/mol. The second-order valence-electron chi connectivity index (χ2n) is 5.82. The maximum absolute atomic E-state index is 12.9. The molecule has 0 bridgehead atoms. The molecule has 0 aliphatic rings. The molecule has 0 aliphatic carbocycles. The van der Waals surface area contributed by atoms with Gasteiger partial charge in [-0.1, -0.05) is 6.07 Å². The molecule has 5 nitrogen and oxygen atoms in total. The highest BCUT2D eigenvalue weighted by molar-refractivity contribution is 7.98. The highest BCUT2D eigenvalue weighted by Crippen LogP contribution is 2.20. The molecule has 3 rings (SSSR count). The Hall–Kier alpha value is -2.84. The number of carbonyl (C=O) groups excluding carboxylic acids is 1. The molecule has 0 unspecified atom stereocenters. The van der Waals surface area contributed by atoms with Gasteiger partial charge in [0.2, 0.25) is 0 Å². The number of rotatable bonds is 6. The predicted octanol–water partition coefficient (Wildman–Crippen LogP) is 4.60. The second-order valence-corrected chi connectivity index (χ2v) is 8.38. The number of thioether (sulfide) groups is 1. The van der Waals surface area contributed by atoms with Crippen LogP contribution in [0.5, 0.6) is 0 Å². The smallest absolute Gasteiger partial charge is 0.261 e. The first-order chi connectivity index (χ1) is 13.4. The molecule has 3 aromatic rings. The molecule has 0 atom stereocenters. The van der Waals surface area contributed by atoms with Crippen LogP contribution in [-0.4, -0.2) is 20.6 Å². The van der Waals surface area contributed by atoms with Gasteiger partial charge in [0, 0.05) is 21.8 Å². The van der Waals surface area contributed by atoms with Crippen molar-refractivity contribution < 1.29 is 17.6 Å². The molecule has 0 radical (unpaired) electrons. The number of carbonyl (C=O) groups is 1. The van der Waals surface area contributed by atoms with Gasteiger partial charge in [-0.3, -0.25) is 9.52 Å². The molecule has 8 heteroatoms. The van der Waals surface area contributed by atoms with Gasteiger partial charge in [-0.15, -0.1) is 11.8 Å². The molecule has 0 aliphatic heterocycles. The quantitative estimate of drug-likeness (QED) is 0.576. The number of benzene rings is 3. The third-order valence-corrected chi connectivity index (χ3v) is 5.97. The van der Waals surface area contributed by atoms with Crippen LogP contribution >= 0.6 is 11.8 Å². The second kappa shape index (κ2) is 8.45. The Labute approximate surface area is 167 Å². The fourth-order valence-electron chi connectivity index (χ4n) is 2.42. The summed E-state index contributed by atoms with van der Waals surface area (Å²) in [4.78, 5) is 13.4. The van der Waals surface area contributed by atoms with Gasteiger partial charge in [0.15, 0.2) is 0 Å². The maximum Gasteiger partial charge on any atom is 0.261 e. The zero-order chi connectivity index (χ0) is 20.1. The van der Waals surface area contributed by atoms with Crippen molar-refractivity contribution in [2.45, 2.75) is 9.79 Å². The highest BCUT2D eigenvalue weighted by Gasteiger charge is 2.15. The number of hydrogen-bond donors (Lipinski definition) is 2. The van der Waals surface area contributed by atoms with Crippen LogP contribution in [0.15, 0.2) is 82.6 Å². The first-order valence-electron chi connectivity index (χ1n) is 8.21. The van der Waals surface area contributed by atoms with Crippen LogP contribution in [0.1, 0.15) is 10.4 Å². The van der Waals surface area contributed by atoms with Gasteiger partial charge in [0.25, 0.3) is 15.9 Å². The van der Waals surface area contributed by atoms with Crippen LogP contribution in [0.2, 0.25) is 0 Å². The summed E-state index contributed by atoms with van der Waals surface area (Å²) in [6, 6.07) is 18.0. The molecule has 0 fully saturated rings. The van der Waals surface area contributed by atoms with Crippen molar-refractivity contribution in [3.05, 3.63) is 84.2 Å². The zero-order valence-corrected chi connectivity index (χ0v) is 16.5. The number of hydrogen-bond acceptors (Lipinski definition) is 4. The van der Waals surface area contributed by atoms with Crippen molar-refractivity contribution in [2.24, 2.45) is 0 Å². The van der Waals surface area contributed by atoms with E-state index >= 15 is 0 Å². The average Bonchev–Trinajstić information content (AvgIpc) is 2.70. The van der Waals surface area contributed by atoms with E-state index in [1.807, 2.05) is 24.5 Å². The lowest BCUT2D eigenvalue weighted by atomic mass is 10.2. The van der Waals surface area contributed by atoms with Crippen LogP contribution in [0.4, 0.5) is 15.8 Å². The molecule has 0 saturated heterocycles. The first kappa shape index (κ1) is 19.9. The van der Waals surface area contributed by atoms with Gasteiger partial charge in [-0.25, -0.2) is 12.8 Å². The van der Waals surface area contributed by atoms with Crippen LogP contribution in [0.3, 0.4) is 0 Å². The number of anilines is 2. The molecule has 0 saturated carbocycles. The van der Waals surface area contributed by atoms with Gasteiger partial charge in [-0.2, -0.15) is 0 Å². The van der Waals surface area contributed by atoms with Gasteiger partial charge in [0.1, 0.15) is 5.82 Å². The Morgan fingerprint density at radius 1 is 0.929 bits per heavy atom. The Morgan fingerprint density at radius 3 is 2.25 bits per heavy atom. The summed E-state index contributed by atoms with van der Waals surface area (Å²) in [5.74, 6) is -0.796. The minimum absolute atomic E-state index is 0.00208. The van der Waals surface area contributed by atoms with Gasteiger partial charge >= 0.3 is 0 Å². The first-order valence-corrected chi connectivity index (χ1v) is 10.9. The summed E-state index contributed by atoms with van der Waals surface area (Å²) in [6.45, 7) is 0. The fourth-order valence-corrected chi connectivity index (χ4v) is 3.94. The summed E-state index contributed by atoms with van der Waals surface area (Å²) in [5, 5.41) is 2.78. The van der Waals surface area contributed by atoms with Crippen LogP contribution < -0.4 is 10.0 Å². The Balaban J connectivity index is 1.72. The Bertz CT molecular complexity index is 1080. The SMILES string of the molecule is CSc1cccc(NC(=O)c2ccc(S(=O)(=O)Nc3ccc(F)cc3)cc2)c1. The monoisotopic (exact) mass is 416 g/mol.